The van der Waals surface area contributed by atoms with Crippen LogP contribution < -0.4 is 29.6 Å². The average molecular weight is 100 g/mol. The first kappa shape index (κ1) is 15.9. The van der Waals surface area contributed by atoms with Crippen molar-refractivity contribution in [1.82, 2.24) is 0 Å². The fourth-order valence-corrected chi connectivity index (χ4v) is 0. The minimum atomic E-state index is 0. The number of carbonyl (C=O) groups excluding carboxylic acids is 1. The van der Waals surface area contributed by atoms with Crippen LogP contribution in [0.2, 0.25) is 0 Å². The van der Waals surface area contributed by atoms with Gasteiger partial charge in [0, 0.05) is 0 Å². The normalized spacial score (nSPS) is 4.33. The summed E-state index contributed by atoms with van der Waals surface area (Å²) < 4.78 is 0. The van der Waals surface area contributed by atoms with E-state index in [1.165, 1.54) is 13.8 Å². The molecule has 0 saturated carbocycles. The molecule has 3 heteroatoms. The van der Waals surface area contributed by atoms with E-state index in [4.69, 9.17) is 0 Å². The van der Waals surface area contributed by atoms with Gasteiger partial charge in [-0.15, -0.1) is 0 Å². The van der Waals surface area contributed by atoms with Gasteiger partial charge in [0.2, 0.25) is 0 Å². The van der Waals surface area contributed by atoms with Gasteiger partial charge >= 0.3 is 29.6 Å². The topological polar surface area (TPSA) is 48.6 Å². The van der Waals surface area contributed by atoms with E-state index in [0.717, 1.165) is 0 Å². The number of Topliss-reactive ketones (excluding diaryl/α,β-unsaturated/α-hetero) is 1. The summed E-state index contributed by atoms with van der Waals surface area (Å²) >= 11 is 0. The van der Waals surface area contributed by atoms with Crippen LogP contribution in [0.3, 0.4) is 0 Å². The number of carbonyl (C=O) groups is 1. The second-order valence-corrected chi connectivity index (χ2v) is 0.908. The Bertz CT molecular complexity index is 35.9. The zero-order valence-electron chi connectivity index (χ0n) is 5.41. The van der Waals surface area contributed by atoms with Crippen molar-refractivity contribution in [3.8, 4) is 0 Å². The van der Waals surface area contributed by atoms with E-state index in [0.29, 0.717) is 0 Å². The van der Waals surface area contributed by atoms with Gasteiger partial charge in [-0.2, -0.15) is 0 Å². The Morgan fingerprint density at radius 1 is 1.50 bits per heavy atom. The number of hydrogen-bond acceptors (Lipinski definition) is 1. The average Bonchev–Trinajstić information content (AvgIpc) is 0.811. The molecule has 0 bridgehead atoms. The molecule has 2 N–H and O–H groups in total. The molecular formula is C3H9NaO2. The molecule has 0 aliphatic heterocycles. The molecule has 34 valence electrons. The van der Waals surface area contributed by atoms with Crippen molar-refractivity contribution in [1.29, 1.82) is 0 Å². The van der Waals surface area contributed by atoms with Crippen molar-refractivity contribution in [2.24, 2.45) is 0 Å². The molecule has 0 unspecified atom stereocenters. The van der Waals surface area contributed by atoms with Crippen LogP contribution in [-0.2, 0) is 4.79 Å². The summed E-state index contributed by atoms with van der Waals surface area (Å²) in [7, 11) is 0. The van der Waals surface area contributed by atoms with Crippen LogP contribution in [0.25, 0.3) is 0 Å². The summed E-state index contributed by atoms with van der Waals surface area (Å²) in [6.07, 6.45) is 0. The molecule has 0 saturated heterocycles. The van der Waals surface area contributed by atoms with E-state index in [9.17, 15) is 4.79 Å². The Morgan fingerprint density at radius 2 is 1.50 bits per heavy atom. The van der Waals surface area contributed by atoms with Gasteiger partial charge in [-0.3, -0.25) is 0 Å². The van der Waals surface area contributed by atoms with Gasteiger partial charge in [0.25, 0.3) is 0 Å². The van der Waals surface area contributed by atoms with Gasteiger partial charge in [0.15, 0.2) is 0 Å². The molecule has 0 fully saturated rings. The molecule has 0 spiro atoms. The zero-order chi connectivity index (χ0) is 3.58. The summed E-state index contributed by atoms with van der Waals surface area (Å²) in [6.45, 7) is 3.06. The Morgan fingerprint density at radius 3 is 1.50 bits per heavy atom. The van der Waals surface area contributed by atoms with E-state index in [1.807, 2.05) is 0 Å². The molecule has 0 rings (SSSR count). The van der Waals surface area contributed by atoms with Crippen molar-refractivity contribution < 1.29 is 41.3 Å². The molecule has 0 amide bonds. The fourth-order valence-electron chi connectivity index (χ4n) is 0. The quantitative estimate of drug-likeness (QED) is 0.297. The Labute approximate surface area is 61.0 Å². The van der Waals surface area contributed by atoms with E-state index in [1.54, 1.807) is 0 Å². The summed E-state index contributed by atoms with van der Waals surface area (Å²) in [6, 6.07) is 0. The molecule has 0 atom stereocenters. The van der Waals surface area contributed by atoms with E-state index < -0.39 is 0 Å². The summed E-state index contributed by atoms with van der Waals surface area (Å²) in [5.74, 6) is 0.167. The molecular weight excluding hydrogens is 91.0 g/mol. The van der Waals surface area contributed by atoms with E-state index >= 15 is 0 Å². The maximum atomic E-state index is 9.44. The van der Waals surface area contributed by atoms with Crippen LogP contribution in [-0.4, -0.2) is 11.3 Å². The standard InChI is InChI=1S/C3H6O.Na.H2O.H/c1-3(2)4;;;/h1-2H3;;1H2;/q;+1;;-1. The van der Waals surface area contributed by atoms with Crippen molar-refractivity contribution in [2.45, 2.75) is 13.8 Å². The molecule has 0 aliphatic rings. The smallest absolute Gasteiger partial charge is 1.00 e. The first-order valence-electron chi connectivity index (χ1n) is 1.20. The van der Waals surface area contributed by atoms with Gasteiger partial charge in [0.1, 0.15) is 5.78 Å². The van der Waals surface area contributed by atoms with Crippen molar-refractivity contribution in [3.63, 3.8) is 0 Å². The molecule has 6 heavy (non-hydrogen) atoms. The van der Waals surface area contributed by atoms with Crippen LogP contribution in [0.1, 0.15) is 15.3 Å². The predicted octanol–water partition coefficient (Wildman–Crippen LogP) is -3.11. The number of ketones is 1. The zero-order valence-corrected chi connectivity index (χ0v) is 6.41. The van der Waals surface area contributed by atoms with E-state index in [2.05, 4.69) is 0 Å². The first-order chi connectivity index (χ1) is 1.73. The Hall–Kier alpha value is 0.630. The summed E-state index contributed by atoms with van der Waals surface area (Å²) in [4.78, 5) is 9.44. The minimum absolute atomic E-state index is 0. The third-order valence-corrected chi connectivity index (χ3v) is 0. The Kier molecular flexibility index (Phi) is 24.3. The van der Waals surface area contributed by atoms with Crippen LogP contribution >= 0.6 is 0 Å². The molecule has 0 radical (unpaired) electrons. The summed E-state index contributed by atoms with van der Waals surface area (Å²) in [5, 5.41) is 0. The second kappa shape index (κ2) is 9.16. The van der Waals surface area contributed by atoms with Gasteiger partial charge in [-0.1, -0.05) is 0 Å². The van der Waals surface area contributed by atoms with Crippen LogP contribution in [0.5, 0.6) is 0 Å². The molecule has 0 aromatic heterocycles. The van der Waals surface area contributed by atoms with Crippen LogP contribution in [0.15, 0.2) is 0 Å². The number of rotatable bonds is 0. The first-order valence-corrected chi connectivity index (χ1v) is 1.20. The van der Waals surface area contributed by atoms with Gasteiger partial charge in [-0.25, -0.2) is 0 Å². The number of hydrogen-bond donors (Lipinski definition) is 0. The van der Waals surface area contributed by atoms with Crippen LogP contribution in [0.4, 0.5) is 0 Å². The largest absolute Gasteiger partial charge is 1.00 e. The third kappa shape index (κ3) is 154. The Balaban J connectivity index is -0.0000000150. The van der Waals surface area contributed by atoms with Crippen molar-refractivity contribution >= 4 is 5.78 Å². The second-order valence-electron chi connectivity index (χ2n) is 0.908. The fraction of sp³-hybridized carbons (Fsp3) is 0.667. The predicted molar refractivity (Wildman–Crippen MR) is 21.1 cm³/mol. The maximum absolute atomic E-state index is 9.44. The third-order valence-electron chi connectivity index (χ3n) is 0. The van der Waals surface area contributed by atoms with Gasteiger partial charge < -0.3 is 11.7 Å². The SMILES string of the molecule is CC(C)=O.O.[H-].[Na+]. The summed E-state index contributed by atoms with van der Waals surface area (Å²) in [5.41, 5.74) is 0. The minimum Gasteiger partial charge on any atom is -1.00 e. The monoisotopic (exact) mass is 100 g/mol. The van der Waals surface area contributed by atoms with Gasteiger partial charge in [-0.05, 0) is 13.8 Å². The van der Waals surface area contributed by atoms with E-state index in [-0.39, 0.29) is 42.2 Å². The van der Waals surface area contributed by atoms with Crippen molar-refractivity contribution in [3.05, 3.63) is 0 Å². The molecule has 0 aromatic rings. The molecule has 0 aromatic carbocycles. The molecule has 2 nitrogen and oxygen atoms in total. The van der Waals surface area contributed by atoms with Gasteiger partial charge in [0.05, 0.1) is 0 Å². The molecule has 0 heterocycles. The molecule has 0 aliphatic carbocycles. The van der Waals surface area contributed by atoms with Crippen LogP contribution in [0, 0.1) is 0 Å². The van der Waals surface area contributed by atoms with Crippen molar-refractivity contribution in [2.75, 3.05) is 0 Å². The maximum Gasteiger partial charge on any atom is 1.00 e.